The maximum atomic E-state index is 12.5. The van der Waals surface area contributed by atoms with Crippen LogP contribution in [0.1, 0.15) is 25.0 Å². The van der Waals surface area contributed by atoms with Gasteiger partial charge in [-0.25, -0.2) is 8.42 Å². The van der Waals surface area contributed by atoms with Crippen LogP contribution in [0, 0.1) is 0 Å². The fraction of sp³-hybridized carbons (Fsp3) is 0.350. The number of benzene rings is 2. The molecule has 27 heavy (non-hydrogen) atoms. The quantitative estimate of drug-likeness (QED) is 0.770. The molecule has 1 N–H and O–H groups in total. The number of sulfonamides is 1. The standard InChI is InChI=1S/C20H24N2O3S2/c1-3-22(4-2)27(24,25)17-11-9-15(10-12-17)14-21-20(23)19-13-16-7-5-6-8-18(16)26-19/h5-12,19H,3-4,13-14H2,1-2H3,(H,21,23). The zero-order valence-corrected chi connectivity index (χ0v) is 17.1. The highest BCUT2D eigenvalue weighted by molar-refractivity contribution is 8.01. The van der Waals surface area contributed by atoms with Crippen molar-refractivity contribution < 1.29 is 13.2 Å². The summed E-state index contributed by atoms with van der Waals surface area (Å²) in [4.78, 5) is 13.9. The van der Waals surface area contributed by atoms with E-state index in [1.165, 1.54) is 14.8 Å². The van der Waals surface area contributed by atoms with Gasteiger partial charge in [0, 0.05) is 24.5 Å². The molecule has 0 radical (unpaired) electrons. The lowest BCUT2D eigenvalue weighted by atomic mass is 10.1. The van der Waals surface area contributed by atoms with E-state index in [0.29, 0.717) is 19.6 Å². The number of fused-ring (bicyclic) bond motifs is 1. The van der Waals surface area contributed by atoms with Crippen LogP contribution >= 0.6 is 11.8 Å². The van der Waals surface area contributed by atoms with Crippen LogP contribution in [-0.4, -0.2) is 37.0 Å². The predicted molar refractivity (Wildman–Crippen MR) is 108 cm³/mol. The Balaban J connectivity index is 1.59. The van der Waals surface area contributed by atoms with Crippen molar-refractivity contribution in [1.82, 2.24) is 9.62 Å². The first kappa shape index (κ1) is 19.9. The van der Waals surface area contributed by atoms with Crippen LogP contribution in [0.25, 0.3) is 0 Å². The molecule has 1 atom stereocenters. The van der Waals surface area contributed by atoms with Gasteiger partial charge in [-0.2, -0.15) is 4.31 Å². The number of nitrogens with zero attached hydrogens (tertiary/aromatic N) is 1. The van der Waals surface area contributed by atoms with Gasteiger partial charge >= 0.3 is 0 Å². The van der Waals surface area contributed by atoms with E-state index in [9.17, 15) is 13.2 Å². The van der Waals surface area contributed by atoms with Crippen molar-refractivity contribution in [2.45, 2.75) is 41.9 Å². The number of rotatable bonds is 7. The van der Waals surface area contributed by atoms with Gasteiger partial charge < -0.3 is 5.32 Å². The van der Waals surface area contributed by atoms with Crippen LogP contribution in [0.5, 0.6) is 0 Å². The molecule has 2 aromatic carbocycles. The third kappa shape index (κ3) is 4.36. The molecule has 1 unspecified atom stereocenters. The van der Waals surface area contributed by atoms with Gasteiger partial charge in [-0.05, 0) is 35.7 Å². The lowest BCUT2D eigenvalue weighted by molar-refractivity contribution is -0.120. The van der Waals surface area contributed by atoms with Crippen molar-refractivity contribution in [2.24, 2.45) is 0 Å². The van der Waals surface area contributed by atoms with Gasteiger partial charge in [0.15, 0.2) is 0 Å². The molecular weight excluding hydrogens is 380 g/mol. The maximum Gasteiger partial charge on any atom is 0.243 e. The molecule has 0 aliphatic carbocycles. The van der Waals surface area contributed by atoms with E-state index in [0.717, 1.165) is 12.0 Å². The summed E-state index contributed by atoms with van der Waals surface area (Å²) in [6.07, 6.45) is 0.744. The summed E-state index contributed by atoms with van der Waals surface area (Å²) in [7, 11) is -3.45. The Morgan fingerprint density at radius 2 is 1.78 bits per heavy atom. The number of thioether (sulfide) groups is 1. The molecule has 0 spiro atoms. The van der Waals surface area contributed by atoms with Gasteiger partial charge in [0.1, 0.15) is 0 Å². The van der Waals surface area contributed by atoms with E-state index in [4.69, 9.17) is 0 Å². The van der Waals surface area contributed by atoms with E-state index in [1.54, 1.807) is 36.0 Å². The van der Waals surface area contributed by atoms with Crippen molar-refractivity contribution in [3.63, 3.8) is 0 Å². The molecular formula is C20H24N2O3S2. The summed E-state index contributed by atoms with van der Waals surface area (Å²) in [6, 6.07) is 14.8. The average molecular weight is 405 g/mol. The maximum absolute atomic E-state index is 12.5. The van der Waals surface area contributed by atoms with Crippen LogP contribution in [0.4, 0.5) is 0 Å². The van der Waals surface area contributed by atoms with Gasteiger partial charge in [0.05, 0.1) is 10.1 Å². The molecule has 5 nitrogen and oxygen atoms in total. The molecule has 0 aromatic heterocycles. The fourth-order valence-corrected chi connectivity index (χ4v) is 5.80. The molecule has 144 valence electrons. The molecule has 0 fully saturated rings. The largest absolute Gasteiger partial charge is 0.351 e. The minimum atomic E-state index is -3.45. The zero-order valence-electron chi connectivity index (χ0n) is 15.5. The molecule has 7 heteroatoms. The molecule has 2 aromatic rings. The van der Waals surface area contributed by atoms with E-state index in [-0.39, 0.29) is 16.1 Å². The highest BCUT2D eigenvalue weighted by atomic mass is 32.2. The van der Waals surface area contributed by atoms with Crippen LogP contribution in [0.15, 0.2) is 58.3 Å². The molecule has 1 heterocycles. The Kier molecular flexibility index (Phi) is 6.24. The summed E-state index contributed by atoms with van der Waals surface area (Å²) in [5, 5.41) is 2.85. The van der Waals surface area contributed by atoms with Gasteiger partial charge in [0.2, 0.25) is 15.9 Å². The zero-order chi connectivity index (χ0) is 19.4. The molecule has 0 saturated heterocycles. The van der Waals surface area contributed by atoms with Gasteiger partial charge in [-0.3, -0.25) is 4.79 Å². The highest BCUT2D eigenvalue weighted by Crippen LogP contribution is 2.36. The van der Waals surface area contributed by atoms with Gasteiger partial charge in [-0.15, -0.1) is 11.8 Å². The van der Waals surface area contributed by atoms with E-state index in [1.807, 2.05) is 32.0 Å². The molecule has 1 amide bonds. The SMILES string of the molecule is CCN(CC)S(=O)(=O)c1ccc(CNC(=O)C2Cc3ccccc3S2)cc1. The van der Waals surface area contributed by atoms with E-state index < -0.39 is 10.0 Å². The minimum absolute atomic E-state index is 0.0102. The highest BCUT2D eigenvalue weighted by Gasteiger charge is 2.27. The molecule has 3 rings (SSSR count). The Hall–Kier alpha value is -1.83. The van der Waals surface area contributed by atoms with Gasteiger partial charge in [-0.1, -0.05) is 44.2 Å². The third-order valence-electron chi connectivity index (χ3n) is 4.67. The van der Waals surface area contributed by atoms with Crippen molar-refractivity contribution in [3.05, 3.63) is 59.7 Å². The Labute approximate surface area is 165 Å². The normalized spacial score (nSPS) is 16.3. The minimum Gasteiger partial charge on any atom is -0.351 e. The van der Waals surface area contributed by atoms with Crippen molar-refractivity contribution in [3.8, 4) is 0 Å². The topological polar surface area (TPSA) is 66.5 Å². The van der Waals surface area contributed by atoms with Crippen LogP contribution in [0.3, 0.4) is 0 Å². The fourth-order valence-electron chi connectivity index (χ4n) is 3.12. The summed E-state index contributed by atoms with van der Waals surface area (Å²) >= 11 is 1.60. The summed E-state index contributed by atoms with van der Waals surface area (Å²) in [6.45, 7) is 4.92. The summed E-state index contributed by atoms with van der Waals surface area (Å²) in [5.74, 6) is 0.0102. The third-order valence-corrected chi connectivity index (χ3v) is 8.05. The number of hydrogen-bond donors (Lipinski definition) is 1. The molecule has 1 aliphatic heterocycles. The molecule has 0 saturated carbocycles. The van der Waals surface area contributed by atoms with Crippen LogP contribution in [-0.2, 0) is 27.8 Å². The molecule has 1 aliphatic rings. The monoisotopic (exact) mass is 404 g/mol. The smallest absolute Gasteiger partial charge is 0.243 e. The first-order valence-corrected chi connectivity index (χ1v) is 11.4. The second kappa shape index (κ2) is 8.46. The number of carbonyl (C=O) groups is 1. The Morgan fingerprint density at radius 3 is 2.41 bits per heavy atom. The molecule has 0 bridgehead atoms. The lowest BCUT2D eigenvalue weighted by Gasteiger charge is -2.18. The van der Waals surface area contributed by atoms with Crippen molar-refractivity contribution in [1.29, 1.82) is 0 Å². The number of hydrogen-bond acceptors (Lipinski definition) is 4. The second-order valence-corrected chi connectivity index (χ2v) is 9.55. The van der Waals surface area contributed by atoms with Crippen LogP contribution in [0.2, 0.25) is 0 Å². The predicted octanol–water partition coefficient (Wildman–Crippen LogP) is 3.05. The van der Waals surface area contributed by atoms with E-state index in [2.05, 4.69) is 11.4 Å². The lowest BCUT2D eigenvalue weighted by Crippen LogP contribution is -2.32. The average Bonchev–Trinajstić information content (AvgIpc) is 3.11. The Bertz CT molecular complexity index is 882. The number of carbonyl (C=O) groups excluding carboxylic acids is 1. The van der Waals surface area contributed by atoms with Gasteiger partial charge in [0.25, 0.3) is 0 Å². The van der Waals surface area contributed by atoms with Crippen molar-refractivity contribution >= 4 is 27.7 Å². The first-order valence-electron chi connectivity index (χ1n) is 9.07. The second-order valence-electron chi connectivity index (χ2n) is 6.37. The summed E-state index contributed by atoms with van der Waals surface area (Å²) < 4.78 is 26.4. The summed E-state index contributed by atoms with van der Waals surface area (Å²) in [5.41, 5.74) is 2.09. The number of nitrogens with one attached hydrogen (secondary N) is 1. The van der Waals surface area contributed by atoms with Crippen LogP contribution < -0.4 is 5.32 Å². The first-order chi connectivity index (χ1) is 13.0. The van der Waals surface area contributed by atoms with Crippen molar-refractivity contribution in [2.75, 3.05) is 13.1 Å². The Morgan fingerprint density at radius 1 is 1.11 bits per heavy atom. The number of amides is 1. The van der Waals surface area contributed by atoms with E-state index >= 15 is 0 Å².